The Balaban J connectivity index is 2.05. The highest BCUT2D eigenvalue weighted by Gasteiger charge is 2.29. The summed E-state index contributed by atoms with van der Waals surface area (Å²) in [6.07, 6.45) is 0.447. The van der Waals surface area contributed by atoms with E-state index in [0.29, 0.717) is 35.0 Å². The fraction of sp³-hybridized carbons (Fsp3) is 0.227. The summed E-state index contributed by atoms with van der Waals surface area (Å²) in [4.78, 5) is 13.2. The highest BCUT2D eigenvalue weighted by atomic mass is 32.2. The van der Waals surface area contributed by atoms with Gasteiger partial charge in [-0.3, -0.25) is 4.79 Å². The number of sulfone groups is 1. The van der Waals surface area contributed by atoms with Crippen LogP contribution < -0.4 is 15.8 Å². The Morgan fingerprint density at radius 3 is 2.33 bits per heavy atom. The molecule has 0 atom stereocenters. The number of anilines is 3. The smallest absolute Gasteiger partial charge is 0.205 e. The molecule has 0 aliphatic rings. The second-order valence-electron chi connectivity index (χ2n) is 6.60. The molecule has 2 aromatic carbocycles. The number of ether oxygens (including phenoxy) is 1. The SMILES string of the molecule is CCCS(=O)(=O)c1c(Nc2ccc(OCC)cc2)sc(C(=O)c2ccccc2)c1N. The summed E-state index contributed by atoms with van der Waals surface area (Å²) in [5, 5.41) is 3.46. The van der Waals surface area contributed by atoms with Crippen LogP contribution in [0.25, 0.3) is 0 Å². The van der Waals surface area contributed by atoms with E-state index in [4.69, 9.17) is 10.5 Å². The largest absolute Gasteiger partial charge is 0.494 e. The third kappa shape index (κ3) is 4.66. The van der Waals surface area contributed by atoms with Crippen LogP contribution in [-0.2, 0) is 9.84 Å². The number of carbonyl (C=O) groups excluding carboxylic acids is 1. The van der Waals surface area contributed by atoms with Crippen LogP contribution in [0.4, 0.5) is 16.4 Å². The lowest BCUT2D eigenvalue weighted by atomic mass is 10.1. The summed E-state index contributed by atoms with van der Waals surface area (Å²) in [7, 11) is -3.66. The van der Waals surface area contributed by atoms with Crippen LogP contribution in [0, 0.1) is 0 Å². The number of carbonyl (C=O) groups is 1. The topological polar surface area (TPSA) is 98.5 Å². The van der Waals surface area contributed by atoms with Crippen LogP contribution in [0.5, 0.6) is 5.75 Å². The standard InChI is InChI=1S/C22H24N2O4S2/c1-3-14-30(26,27)21-18(23)20(19(25)15-8-6-5-7-9-15)29-22(21)24-16-10-12-17(13-11-16)28-4-2/h5-13,24H,3-4,14,23H2,1-2H3. The van der Waals surface area contributed by atoms with Crippen molar-refractivity contribution < 1.29 is 17.9 Å². The molecule has 3 aromatic rings. The molecule has 0 amide bonds. The molecule has 0 bridgehead atoms. The number of ketones is 1. The average molecular weight is 445 g/mol. The van der Waals surface area contributed by atoms with Crippen molar-refractivity contribution in [1.29, 1.82) is 0 Å². The van der Waals surface area contributed by atoms with E-state index in [2.05, 4.69) is 5.32 Å². The first kappa shape index (κ1) is 21.9. The second kappa shape index (κ2) is 9.32. The fourth-order valence-corrected chi connectivity index (χ4v) is 6.09. The number of nitrogens with two attached hydrogens (primary N) is 1. The Bertz CT molecular complexity index is 1120. The number of nitrogen functional groups attached to an aromatic ring is 1. The zero-order valence-electron chi connectivity index (χ0n) is 16.8. The van der Waals surface area contributed by atoms with Crippen molar-refractivity contribution in [3.8, 4) is 5.75 Å². The fourth-order valence-electron chi connectivity index (χ4n) is 3.01. The molecule has 0 unspecified atom stereocenters. The first-order valence-electron chi connectivity index (χ1n) is 9.62. The number of hydrogen-bond acceptors (Lipinski definition) is 7. The van der Waals surface area contributed by atoms with E-state index in [-0.39, 0.29) is 27.0 Å². The van der Waals surface area contributed by atoms with E-state index in [0.717, 1.165) is 11.3 Å². The van der Waals surface area contributed by atoms with E-state index >= 15 is 0 Å². The maximum atomic E-state index is 13.0. The van der Waals surface area contributed by atoms with Gasteiger partial charge >= 0.3 is 0 Å². The Morgan fingerprint density at radius 1 is 1.07 bits per heavy atom. The third-order valence-corrected chi connectivity index (χ3v) is 7.59. The van der Waals surface area contributed by atoms with Gasteiger partial charge in [0.2, 0.25) is 5.78 Å². The van der Waals surface area contributed by atoms with E-state index in [1.165, 1.54) is 0 Å². The van der Waals surface area contributed by atoms with Crippen LogP contribution in [-0.4, -0.2) is 26.6 Å². The summed E-state index contributed by atoms with van der Waals surface area (Å²) in [6, 6.07) is 15.8. The minimum absolute atomic E-state index is 0.00394. The van der Waals surface area contributed by atoms with Gasteiger partial charge in [0.1, 0.15) is 20.5 Å². The number of hydrogen-bond donors (Lipinski definition) is 2. The molecule has 1 heterocycles. The summed E-state index contributed by atoms with van der Waals surface area (Å²) in [6.45, 7) is 4.24. The average Bonchev–Trinajstić information content (AvgIpc) is 3.06. The van der Waals surface area contributed by atoms with Crippen LogP contribution in [0.3, 0.4) is 0 Å². The van der Waals surface area contributed by atoms with Crippen LogP contribution in [0.2, 0.25) is 0 Å². The number of thiophene rings is 1. The number of benzene rings is 2. The van der Waals surface area contributed by atoms with E-state index in [9.17, 15) is 13.2 Å². The van der Waals surface area contributed by atoms with Crippen LogP contribution in [0.15, 0.2) is 59.5 Å². The van der Waals surface area contributed by atoms with Gasteiger partial charge in [0, 0.05) is 11.3 Å². The highest BCUT2D eigenvalue weighted by Crippen LogP contribution is 2.42. The lowest BCUT2D eigenvalue weighted by Crippen LogP contribution is -2.10. The quantitative estimate of drug-likeness (QED) is 0.456. The van der Waals surface area contributed by atoms with E-state index in [1.54, 1.807) is 55.5 Å². The zero-order chi connectivity index (χ0) is 21.7. The van der Waals surface area contributed by atoms with Gasteiger partial charge in [-0.1, -0.05) is 37.3 Å². The summed E-state index contributed by atoms with van der Waals surface area (Å²) in [5.74, 6) is 0.364. The predicted molar refractivity (Wildman–Crippen MR) is 122 cm³/mol. The molecule has 3 N–H and O–H groups in total. The molecule has 0 aliphatic heterocycles. The minimum Gasteiger partial charge on any atom is -0.494 e. The lowest BCUT2D eigenvalue weighted by molar-refractivity contribution is 0.104. The van der Waals surface area contributed by atoms with Crippen LogP contribution >= 0.6 is 11.3 Å². The molecule has 0 saturated carbocycles. The van der Waals surface area contributed by atoms with Crippen molar-refractivity contribution >= 4 is 43.3 Å². The molecule has 30 heavy (non-hydrogen) atoms. The first-order chi connectivity index (χ1) is 14.4. The third-order valence-electron chi connectivity index (χ3n) is 4.35. The lowest BCUT2D eigenvalue weighted by Gasteiger charge is -2.10. The van der Waals surface area contributed by atoms with Crippen LogP contribution in [0.1, 0.15) is 35.5 Å². The summed E-state index contributed by atoms with van der Waals surface area (Å²) >= 11 is 1.06. The van der Waals surface area contributed by atoms with Gasteiger partial charge in [0.05, 0.1) is 18.0 Å². The molecule has 0 radical (unpaired) electrons. The molecular weight excluding hydrogens is 420 g/mol. The summed E-state index contributed by atoms with van der Waals surface area (Å²) < 4.78 is 31.3. The number of nitrogens with one attached hydrogen (secondary N) is 1. The normalized spacial score (nSPS) is 11.3. The number of rotatable bonds is 9. The van der Waals surface area contributed by atoms with Gasteiger partial charge in [-0.15, -0.1) is 11.3 Å². The van der Waals surface area contributed by atoms with Gasteiger partial charge in [-0.05, 0) is 37.6 Å². The zero-order valence-corrected chi connectivity index (χ0v) is 18.5. The molecular formula is C22H24N2O4S2. The van der Waals surface area contributed by atoms with E-state index < -0.39 is 9.84 Å². The Kier molecular flexibility index (Phi) is 6.79. The molecule has 158 valence electrons. The molecule has 0 saturated heterocycles. The predicted octanol–water partition coefficient (Wildman–Crippen LogP) is 4.89. The summed E-state index contributed by atoms with van der Waals surface area (Å²) in [5.41, 5.74) is 7.35. The van der Waals surface area contributed by atoms with E-state index in [1.807, 2.05) is 13.0 Å². The van der Waals surface area contributed by atoms with Crippen molar-refractivity contribution in [2.75, 3.05) is 23.4 Å². The van der Waals surface area contributed by atoms with Crippen molar-refractivity contribution in [2.45, 2.75) is 25.2 Å². The van der Waals surface area contributed by atoms with Crippen molar-refractivity contribution in [2.24, 2.45) is 0 Å². The molecule has 3 rings (SSSR count). The monoisotopic (exact) mass is 444 g/mol. The van der Waals surface area contributed by atoms with Crippen molar-refractivity contribution in [3.05, 3.63) is 65.0 Å². The van der Waals surface area contributed by atoms with Crippen molar-refractivity contribution in [3.63, 3.8) is 0 Å². The van der Waals surface area contributed by atoms with Gasteiger partial charge in [0.25, 0.3) is 0 Å². The first-order valence-corrected chi connectivity index (χ1v) is 12.1. The molecule has 0 spiro atoms. The highest BCUT2D eigenvalue weighted by molar-refractivity contribution is 7.92. The maximum absolute atomic E-state index is 13.0. The Morgan fingerprint density at radius 2 is 1.73 bits per heavy atom. The maximum Gasteiger partial charge on any atom is 0.205 e. The second-order valence-corrected chi connectivity index (χ2v) is 9.67. The van der Waals surface area contributed by atoms with Gasteiger partial charge in [-0.2, -0.15) is 0 Å². The van der Waals surface area contributed by atoms with Gasteiger partial charge in [-0.25, -0.2) is 8.42 Å². The molecule has 8 heteroatoms. The Hall–Kier alpha value is -2.84. The van der Waals surface area contributed by atoms with Crippen molar-refractivity contribution in [1.82, 2.24) is 0 Å². The molecule has 1 aromatic heterocycles. The van der Waals surface area contributed by atoms with Gasteiger partial charge < -0.3 is 15.8 Å². The molecule has 0 aliphatic carbocycles. The Labute approximate surface area is 180 Å². The molecule has 0 fully saturated rings. The van der Waals surface area contributed by atoms with Gasteiger partial charge in [0.15, 0.2) is 9.84 Å². The minimum atomic E-state index is -3.66. The molecule has 6 nitrogen and oxygen atoms in total.